The first kappa shape index (κ1) is 22.1. The molecule has 0 aliphatic heterocycles. The number of nitrogens with zero attached hydrogens (tertiary/aromatic N) is 2. The van der Waals surface area contributed by atoms with Gasteiger partial charge in [-0.15, -0.1) is 0 Å². The molecule has 3 aromatic carbocycles. The average Bonchev–Trinajstić information content (AvgIpc) is 3.25. The summed E-state index contributed by atoms with van der Waals surface area (Å²) in [6.07, 6.45) is 3.23. The van der Waals surface area contributed by atoms with Gasteiger partial charge >= 0.3 is 0 Å². The standard InChI is InChI=1S/C24H17F4N3O2/c25-19-10-20(26)22(28)23(21(19)27)33-14-16-6-8-17(9-7-16)24(32)30-18-11-29-31(13-18)12-15-4-2-1-3-5-15/h1-11,13H,12,14H2,(H,30,32). The van der Waals surface area contributed by atoms with Crippen LogP contribution in [0.5, 0.6) is 5.75 Å². The molecule has 0 aliphatic rings. The fourth-order valence-corrected chi connectivity index (χ4v) is 3.07. The Bertz CT molecular complexity index is 1250. The Balaban J connectivity index is 1.36. The van der Waals surface area contributed by atoms with E-state index in [0.29, 0.717) is 23.4 Å². The van der Waals surface area contributed by atoms with Crippen molar-refractivity contribution in [1.29, 1.82) is 0 Å². The van der Waals surface area contributed by atoms with Crippen LogP contribution in [0.1, 0.15) is 21.5 Å². The van der Waals surface area contributed by atoms with E-state index in [4.69, 9.17) is 4.74 Å². The van der Waals surface area contributed by atoms with Crippen LogP contribution in [0.2, 0.25) is 0 Å². The van der Waals surface area contributed by atoms with Crippen molar-refractivity contribution in [1.82, 2.24) is 9.78 Å². The second kappa shape index (κ2) is 9.56. The van der Waals surface area contributed by atoms with Gasteiger partial charge in [-0.05, 0) is 23.3 Å². The van der Waals surface area contributed by atoms with Crippen molar-refractivity contribution >= 4 is 11.6 Å². The molecule has 0 spiro atoms. The number of nitrogens with one attached hydrogen (secondary N) is 1. The van der Waals surface area contributed by atoms with E-state index >= 15 is 0 Å². The Morgan fingerprint density at radius 2 is 1.58 bits per heavy atom. The van der Waals surface area contributed by atoms with Crippen molar-refractivity contribution in [2.24, 2.45) is 0 Å². The third-order valence-electron chi connectivity index (χ3n) is 4.75. The van der Waals surface area contributed by atoms with E-state index in [1.54, 1.807) is 10.9 Å². The maximum Gasteiger partial charge on any atom is 0.255 e. The van der Waals surface area contributed by atoms with Crippen molar-refractivity contribution in [2.75, 3.05) is 5.32 Å². The van der Waals surface area contributed by atoms with E-state index < -0.39 is 29.0 Å². The van der Waals surface area contributed by atoms with Crippen LogP contribution < -0.4 is 10.1 Å². The highest BCUT2D eigenvalue weighted by Gasteiger charge is 2.20. The van der Waals surface area contributed by atoms with Gasteiger partial charge in [0.15, 0.2) is 17.4 Å². The van der Waals surface area contributed by atoms with Gasteiger partial charge in [-0.1, -0.05) is 42.5 Å². The monoisotopic (exact) mass is 455 g/mol. The minimum Gasteiger partial charge on any atom is -0.483 e. The van der Waals surface area contributed by atoms with Gasteiger partial charge in [0.25, 0.3) is 5.91 Å². The number of hydrogen-bond donors (Lipinski definition) is 1. The molecule has 9 heteroatoms. The Morgan fingerprint density at radius 3 is 2.24 bits per heavy atom. The Kier molecular flexibility index (Phi) is 6.39. The van der Waals surface area contributed by atoms with Crippen molar-refractivity contribution in [3.05, 3.63) is 113 Å². The van der Waals surface area contributed by atoms with E-state index in [9.17, 15) is 22.4 Å². The topological polar surface area (TPSA) is 56.2 Å². The normalized spacial score (nSPS) is 10.8. The fourth-order valence-electron chi connectivity index (χ4n) is 3.07. The number of anilines is 1. The maximum absolute atomic E-state index is 13.7. The molecule has 33 heavy (non-hydrogen) atoms. The lowest BCUT2D eigenvalue weighted by molar-refractivity contribution is 0.102. The number of hydrogen-bond acceptors (Lipinski definition) is 3. The summed E-state index contributed by atoms with van der Waals surface area (Å²) in [6.45, 7) is 0.201. The van der Waals surface area contributed by atoms with Crippen LogP contribution in [0.25, 0.3) is 0 Å². The molecule has 1 amide bonds. The van der Waals surface area contributed by atoms with E-state index in [2.05, 4.69) is 10.4 Å². The number of ether oxygens (including phenoxy) is 1. The Morgan fingerprint density at radius 1 is 0.909 bits per heavy atom. The summed E-state index contributed by atoms with van der Waals surface area (Å²) in [5.74, 6) is -7.85. The lowest BCUT2D eigenvalue weighted by Crippen LogP contribution is -2.11. The number of amides is 1. The Hall–Kier alpha value is -4.14. The van der Waals surface area contributed by atoms with E-state index in [0.717, 1.165) is 5.56 Å². The number of carbonyl (C=O) groups excluding carboxylic acids is 1. The van der Waals surface area contributed by atoms with Crippen LogP contribution in [-0.4, -0.2) is 15.7 Å². The number of aromatic nitrogens is 2. The molecule has 0 saturated heterocycles. The lowest BCUT2D eigenvalue weighted by atomic mass is 10.1. The van der Waals surface area contributed by atoms with Crippen LogP contribution in [0.3, 0.4) is 0 Å². The summed E-state index contributed by atoms with van der Waals surface area (Å²) in [4.78, 5) is 12.5. The molecule has 0 radical (unpaired) electrons. The number of halogens is 4. The van der Waals surface area contributed by atoms with Crippen LogP contribution >= 0.6 is 0 Å². The summed E-state index contributed by atoms with van der Waals surface area (Å²) in [5.41, 5.74) is 2.34. The Labute approximate surface area is 186 Å². The van der Waals surface area contributed by atoms with Gasteiger partial charge in [0.05, 0.1) is 18.4 Å². The van der Waals surface area contributed by atoms with Gasteiger partial charge in [-0.25, -0.2) is 8.78 Å². The molecular weight excluding hydrogens is 438 g/mol. The largest absolute Gasteiger partial charge is 0.483 e. The summed E-state index contributed by atoms with van der Waals surface area (Å²) < 4.78 is 60.5. The molecule has 4 aromatic rings. The van der Waals surface area contributed by atoms with Crippen LogP contribution in [0.15, 0.2) is 73.1 Å². The van der Waals surface area contributed by atoms with Crippen molar-refractivity contribution < 1.29 is 27.1 Å². The van der Waals surface area contributed by atoms with Gasteiger partial charge in [0.2, 0.25) is 11.6 Å². The van der Waals surface area contributed by atoms with Crippen LogP contribution in [0.4, 0.5) is 23.2 Å². The first-order chi connectivity index (χ1) is 15.9. The predicted octanol–water partition coefficient (Wildman–Crippen LogP) is 5.32. The van der Waals surface area contributed by atoms with Crippen LogP contribution in [-0.2, 0) is 13.2 Å². The van der Waals surface area contributed by atoms with Gasteiger partial charge in [-0.3, -0.25) is 9.48 Å². The van der Waals surface area contributed by atoms with Gasteiger partial charge in [0, 0.05) is 17.8 Å². The molecule has 1 N–H and O–H groups in total. The predicted molar refractivity (Wildman–Crippen MR) is 113 cm³/mol. The van der Waals surface area contributed by atoms with Crippen molar-refractivity contribution in [3.63, 3.8) is 0 Å². The van der Waals surface area contributed by atoms with Crippen molar-refractivity contribution in [3.8, 4) is 5.75 Å². The number of carbonyl (C=O) groups is 1. The zero-order chi connectivity index (χ0) is 23.4. The molecule has 5 nitrogen and oxygen atoms in total. The van der Waals surface area contributed by atoms with Crippen molar-refractivity contribution in [2.45, 2.75) is 13.2 Å². The third-order valence-corrected chi connectivity index (χ3v) is 4.75. The summed E-state index contributed by atoms with van der Waals surface area (Å²) in [6, 6.07) is 15.8. The minimum atomic E-state index is -1.61. The zero-order valence-electron chi connectivity index (χ0n) is 17.1. The fraction of sp³-hybridized carbons (Fsp3) is 0.0833. The average molecular weight is 455 g/mol. The lowest BCUT2D eigenvalue weighted by Gasteiger charge is -2.10. The van der Waals surface area contributed by atoms with E-state index in [1.165, 1.54) is 30.5 Å². The SMILES string of the molecule is O=C(Nc1cnn(Cc2ccccc2)c1)c1ccc(COc2c(F)c(F)cc(F)c2F)cc1. The molecule has 4 rings (SSSR count). The molecule has 1 heterocycles. The van der Waals surface area contributed by atoms with Gasteiger partial charge < -0.3 is 10.1 Å². The minimum absolute atomic E-state index is 0.107. The molecule has 0 atom stereocenters. The van der Waals surface area contributed by atoms with E-state index in [1.807, 2.05) is 30.3 Å². The first-order valence-corrected chi connectivity index (χ1v) is 9.83. The van der Waals surface area contributed by atoms with E-state index in [-0.39, 0.29) is 18.6 Å². The van der Waals surface area contributed by atoms with Gasteiger partial charge in [0.1, 0.15) is 6.61 Å². The molecule has 0 aliphatic carbocycles. The smallest absolute Gasteiger partial charge is 0.255 e. The highest BCUT2D eigenvalue weighted by molar-refractivity contribution is 6.04. The molecule has 168 valence electrons. The second-order valence-corrected chi connectivity index (χ2v) is 7.15. The zero-order valence-corrected chi connectivity index (χ0v) is 17.1. The highest BCUT2D eigenvalue weighted by atomic mass is 19.2. The molecule has 1 aromatic heterocycles. The quantitative estimate of drug-likeness (QED) is 0.303. The number of benzene rings is 3. The molecule has 0 fully saturated rings. The summed E-state index contributed by atoms with van der Waals surface area (Å²) in [5, 5.41) is 6.96. The summed E-state index contributed by atoms with van der Waals surface area (Å²) >= 11 is 0. The van der Waals surface area contributed by atoms with Crippen LogP contribution in [0, 0.1) is 23.3 Å². The first-order valence-electron chi connectivity index (χ1n) is 9.83. The molecule has 0 bridgehead atoms. The second-order valence-electron chi connectivity index (χ2n) is 7.15. The molecule has 0 unspecified atom stereocenters. The van der Waals surface area contributed by atoms with Gasteiger partial charge in [-0.2, -0.15) is 13.9 Å². The number of rotatable bonds is 7. The molecule has 0 saturated carbocycles. The third kappa shape index (κ3) is 5.20. The highest BCUT2D eigenvalue weighted by Crippen LogP contribution is 2.27. The summed E-state index contributed by atoms with van der Waals surface area (Å²) in [7, 11) is 0. The maximum atomic E-state index is 13.7. The molecular formula is C24H17F4N3O2.